The highest BCUT2D eigenvalue weighted by Crippen LogP contribution is 2.31. The molecule has 0 radical (unpaired) electrons. The number of piperidine rings is 1. The molecule has 1 fully saturated rings. The molecule has 1 aromatic heterocycles. The van der Waals surface area contributed by atoms with Crippen molar-refractivity contribution >= 4 is 28.6 Å². The molecule has 3 nitrogen and oxygen atoms in total. The highest BCUT2D eigenvalue weighted by atomic mass is 32.2. The summed E-state index contributed by atoms with van der Waals surface area (Å²) >= 11 is 1.68. The van der Waals surface area contributed by atoms with Crippen molar-refractivity contribution < 1.29 is 4.79 Å². The molecule has 28 heavy (non-hydrogen) atoms. The fourth-order valence-corrected chi connectivity index (χ4v) is 4.98. The molecule has 1 saturated heterocycles. The maximum Gasteiger partial charge on any atom is 0.232 e. The Labute approximate surface area is 171 Å². The summed E-state index contributed by atoms with van der Waals surface area (Å²) in [5, 5.41) is 1.24. The summed E-state index contributed by atoms with van der Waals surface area (Å²) in [6.07, 6.45) is 5.76. The van der Waals surface area contributed by atoms with E-state index in [1.165, 1.54) is 38.9 Å². The number of aryl methyl sites for hydroxylation is 2. The summed E-state index contributed by atoms with van der Waals surface area (Å²) in [4.78, 5) is 15.8. The third kappa shape index (κ3) is 4.12. The molecule has 3 aromatic rings. The molecule has 0 N–H and O–H groups in total. The normalized spacial score (nSPS) is 14.6. The van der Waals surface area contributed by atoms with Gasteiger partial charge in [-0.2, -0.15) is 0 Å². The molecular weight excluding hydrogens is 364 g/mol. The van der Waals surface area contributed by atoms with Crippen molar-refractivity contribution in [3.8, 4) is 0 Å². The van der Waals surface area contributed by atoms with E-state index in [4.69, 9.17) is 0 Å². The van der Waals surface area contributed by atoms with Crippen molar-refractivity contribution in [2.45, 2.75) is 44.6 Å². The number of benzene rings is 2. The minimum atomic E-state index is 0.274. The topological polar surface area (TPSA) is 25.2 Å². The second-order valence-electron chi connectivity index (χ2n) is 7.80. The maximum atomic E-state index is 12.6. The Kier molecular flexibility index (Phi) is 5.77. The molecule has 146 valence electrons. The number of hydrogen-bond acceptors (Lipinski definition) is 2. The Morgan fingerprint density at radius 3 is 2.64 bits per heavy atom. The summed E-state index contributed by atoms with van der Waals surface area (Å²) in [6.45, 7) is 7.02. The number of para-hydroxylation sites is 1. The Hall–Kier alpha value is -2.20. The SMILES string of the molecule is Cc1ccc(C)c(Cn2cc(SCC(=O)N3CCCCC3)c3ccccc32)c1. The number of thioether (sulfide) groups is 1. The van der Waals surface area contributed by atoms with E-state index in [9.17, 15) is 4.79 Å². The first kappa shape index (κ1) is 19.1. The van der Waals surface area contributed by atoms with Gasteiger partial charge in [0.05, 0.1) is 5.75 Å². The second kappa shape index (κ2) is 8.44. The molecule has 0 unspecified atom stereocenters. The standard InChI is InChI=1S/C24H28N2OS/c1-18-10-11-19(2)20(14-18)15-26-16-23(21-8-4-5-9-22(21)26)28-17-24(27)25-12-6-3-7-13-25/h4-5,8-11,14,16H,3,6-7,12-13,15,17H2,1-2H3. The summed E-state index contributed by atoms with van der Waals surface area (Å²) in [5.74, 6) is 0.799. The molecule has 0 saturated carbocycles. The van der Waals surface area contributed by atoms with Gasteiger partial charge in [0.25, 0.3) is 0 Å². The molecular formula is C24H28N2OS. The van der Waals surface area contributed by atoms with Gasteiger partial charge in [-0.1, -0.05) is 42.0 Å². The Morgan fingerprint density at radius 1 is 1.04 bits per heavy atom. The van der Waals surface area contributed by atoms with Crippen molar-refractivity contribution in [1.29, 1.82) is 0 Å². The average molecular weight is 393 g/mol. The lowest BCUT2D eigenvalue weighted by molar-refractivity contribution is -0.129. The van der Waals surface area contributed by atoms with Crippen LogP contribution in [0, 0.1) is 13.8 Å². The molecule has 4 rings (SSSR count). The van der Waals surface area contributed by atoms with E-state index in [-0.39, 0.29) is 5.91 Å². The Morgan fingerprint density at radius 2 is 1.82 bits per heavy atom. The van der Waals surface area contributed by atoms with Gasteiger partial charge in [0, 0.05) is 41.6 Å². The van der Waals surface area contributed by atoms with Gasteiger partial charge in [0.15, 0.2) is 0 Å². The van der Waals surface area contributed by atoms with E-state index in [1.807, 2.05) is 4.90 Å². The van der Waals surface area contributed by atoms with Crippen molar-refractivity contribution in [2.75, 3.05) is 18.8 Å². The molecule has 2 aromatic carbocycles. The van der Waals surface area contributed by atoms with Gasteiger partial charge < -0.3 is 9.47 Å². The summed E-state index contributed by atoms with van der Waals surface area (Å²) in [5.41, 5.74) is 5.19. The third-order valence-corrected chi connectivity index (χ3v) is 6.68. The summed E-state index contributed by atoms with van der Waals surface area (Å²) in [7, 11) is 0. The Bertz CT molecular complexity index is 985. The molecule has 1 aliphatic rings. The number of carbonyl (C=O) groups is 1. The van der Waals surface area contributed by atoms with Crippen molar-refractivity contribution in [1.82, 2.24) is 9.47 Å². The number of rotatable bonds is 5. The molecule has 0 atom stereocenters. The van der Waals surface area contributed by atoms with Gasteiger partial charge in [-0.15, -0.1) is 11.8 Å². The molecule has 2 heterocycles. The number of nitrogens with zero attached hydrogens (tertiary/aromatic N) is 2. The van der Waals surface area contributed by atoms with Gasteiger partial charge >= 0.3 is 0 Å². The largest absolute Gasteiger partial charge is 0.342 e. The van der Waals surface area contributed by atoms with E-state index in [0.29, 0.717) is 5.75 Å². The quantitative estimate of drug-likeness (QED) is 0.542. The molecule has 0 aliphatic carbocycles. The zero-order valence-electron chi connectivity index (χ0n) is 16.8. The van der Waals surface area contributed by atoms with Crippen LogP contribution in [0.5, 0.6) is 0 Å². The summed E-state index contributed by atoms with van der Waals surface area (Å²) < 4.78 is 2.32. The third-order valence-electron chi connectivity index (χ3n) is 5.66. The lowest BCUT2D eigenvalue weighted by Crippen LogP contribution is -2.36. The maximum absolute atomic E-state index is 12.6. The van der Waals surface area contributed by atoms with Crippen LogP contribution in [0.1, 0.15) is 36.0 Å². The van der Waals surface area contributed by atoms with Crippen LogP contribution in [-0.4, -0.2) is 34.2 Å². The summed E-state index contributed by atoms with van der Waals surface area (Å²) in [6, 6.07) is 15.2. The van der Waals surface area contributed by atoms with Crippen LogP contribution in [-0.2, 0) is 11.3 Å². The number of fused-ring (bicyclic) bond motifs is 1. The van der Waals surface area contributed by atoms with Gasteiger partial charge in [0.2, 0.25) is 5.91 Å². The highest BCUT2D eigenvalue weighted by molar-refractivity contribution is 8.00. The number of carbonyl (C=O) groups excluding carboxylic acids is 1. The van der Waals surface area contributed by atoms with Crippen molar-refractivity contribution in [3.05, 3.63) is 65.4 Å². The molecule has 1 aliphatic heterocycles. The van der Waals surface area contributed by atoms with Crippen LogP contribution in [0.15, 0.2) is 53.6 Å². The van der Waals surface area contributed by atoms with E-state index in [2.05, 4.69) is 67.1 Å². The lowest BCUT2D eigenvalue weighted by atomic mass is 10.1. The van der Waals surface area contributed by atoms with Gasteiger partial charge in [0.1, 0.15) is 0 Å². The van der Waals surface area contributed by atoms with E-state index in [0.717, 1.165) is 32.5 Å². The van der Waals surface area contributed by atoms with Crippen LogP contribution >= 0.6 is 11.8 Å². The fraction of sp³-hybridized carbons (Fsp3) is 0.375. The van der Waals surface area contributed by atoms with E-state index >= 15 is 0 Å². The van der Waals surface area contributed by atoms with Crippen molar-refractivity contribution in [3.63, 3.8) is 0 Å². The smallest absolute Gasteiger partial charge is 0.232 e. The van der Waals surface area contributed by atoms with Crippen molar-refractivity contribution in [2.24, 2.45) is 0 Å². The van der Waals surface area contributed by atoms with Crippen LogP contribution in [0.25, 0.3) is 10.9 Å². The van der Waals surface area contributed by atoms with Gasteiger partial charge in [-0.25, -0.2) is 0 Å². The molecule has 0 spiro atoms. The first-order chi connectivity index (χ1) is 13.6. The van der Waals surface area contributed by atoms with Gasteiger partial charge in [-0.3, -0.25) is 4.79 Å². The fourth-order valence-electron chi connectivity index (χ4n) is 3.99. The van der Waals surface area contributed by atoms with Crippen LogP contribution in [0.3, 0.4) is 0 Å². The number of hydrogen-bond donors (Lipinski definition) is 0. The monoisotopic (exact) mass is 392 g/mol. The van der Waals surface area contributed by atoms with E-state index in [1.54, 1.807) is 11.8 Å². The predicted octanol–water partition coefficient (Wildman–Crippen LogP) is 5.41. The number of likely N-dealkylation sites (tertiary alicyclic amines) is 1. The van der Waals surface area contributed by atoms with Crippen LogP contribution in [0.2, 0.25) is 0 Å². The minimum Gasteiger partial charge on any atom is -0.342 e. The minimum absolute atomic E-state index is 0.274. The second-order valence-corrected chi connectivity index (χ2v) is 8.82. The lowest BCUT2D eigenvalue weighted by Gasteiger charge is -2.26. The average Bonchev–Trinajstić information content (AvgIpc) is 3.07. The first-order valence-electron chi connectivity index (χ1n) is 10.2. The highest BCUT2D eigenvalue weighted by Gasteiger charge is 2.18. The Balaban J connectivity index is 1.56. The van der Waals surface area contributed by atoms with E-state index < -0.39 is 0 Å². The number of aromatic nitrogens is 1. The molecule has 1 amide bonds. The zero-order valence-corrected chi connectivity index (χ0v) is 17.6. The molecule has 4 heteroatoms. The zero-order chi connectivity index (χ0) is 19.5. The van der Waals surface area contributed by atoms with Gasteiger partial charge in [-0.05, 0) is 50.3 Å². The first-order valence-corrected chi connectivity index (χ1v) is 11.1. The number of amides is 1. The van der Waals surface area contributed by atoms with Crippen LogP contribution in [0.4, 0.5) is 0 Å². The van der Waals surface area contributed by atoms with Crippen LogP contribution < -0.4 is 0 Å². The molecule has 0 bridgehead atoms. The predicted molar refractivity (Wildman–Crippen MR) is 118 cm³/mol.